The predicted molar refractivity (Wildman–Crippen MR) is 87.7 cm³/mol. The topological polar surface area (TPSA) is 77.8 Å². The van der Waals surface area contributed by atoms with Gasteiger partial charge in [0.2, 0.25) is 0 Å². The Morgan fingerprint density at radius 3 is 2.70 bits per heavy atom. The van der Waals surface area contributed by atoms with Crippen molar-refractivity contribution in [2.24, 2.45) is 5.41 Å². The molecule has 0 aromatic heterocycles. The molecule has 1 aliphatic rings. The maximum absolute atomic E-state index is 12.7. The molecule has 1 aromatic rings. The van der Waals surface area contributed by atoms with Gasteiger partial charge in [-0.1, -0.05) is 24.9 Å². The number of carboxylic acid groups (broad SMARTS) is 1. The van der Waals surface area contributed by atoms with Crippen LogP contribution in [0.5, 0.6) is 0 Å². The number of aryl methyl sites for hydroxylation is 1. The summed E-state index contributed by atoms with van der Waals surface area (Å²) >= 11 is 5.98. The van der Waals surface area contributed by atoms with Gasteiger partial charge >= 0.3 is 5.97 Å². The van der Waals surface area contributed by atoms with E-state index in [1.165, 1.54) is 4.90 Å². The van der Waals surface area contributed by atoms with Crippen LogP contribution < -0.4 is 0 Å². The first-order valence-corrected chi connectivity index (χ1v) is 8.16. The summed E-state index contributed by atoms with van der Waals surface area (Å²) in [4.78, 5) is 26.0. The van der Waals surface area contributed by atoms with Crippen LogP contribution in [-0.4, -0.2) is 46.2 Å². The molecule has 0 unspecified atom stereocenters. The Morgan fingerprint density at radius 1 is 1.43 bits per heavy atom. The number of hydrogen-bond acceptors (Lipinski definition) is 3. The highest BCUT2D eigenvalue weighted by molar-refractivity contribution is 6.31. The molecule has 5 nitrogen and oxygen atoms in total. The second-order valence-electron chi connectivity index (χ2n) is 6.21. The third-order valence-electron chi connectivity index (χ3n) is 4.60. The molecule has 1 fully saturated rings. The lowest BCUT2D eigenvalue weighted by molar-refractivity contribution is -0.162. The summed E-state index contributed by atoms with van der Waals surface area (Å²) in [6.07, 6.45) is 0.305. The van der Waals surface area contributed by atoms with Gasteiger partial charge in [-0.2, -0.15) is 0 Å². The van der Waals surface area contributed by atoms with Gasteiger partial charge in [0.05, 0.1) is 6.10 Å². The number of benzene rings is 1. The summed E-state index contributed by atoms with van der Waals surface area (Å²) in [7, 11) is 0. The molecule has 1 amide bonds. The molecule has 2 rings (SSSR count). The highest BCUT2D eigenvalue weighted by atomic mass is 35.5. The lowest BCUT2D eigenvalue weighted by Crippen LogP contribution is -2.57. The van der Waals surface area contributed by atoms with Gasteiger partial charge in [-0.3, -0.25) is 9.59 Å². The van der Waals surface area contributed by atoms with Gasteiger partial charge in [-0.15, -0.1) is 0 Å². The summed E-state index contributed by atoms with van der Waals surface area (Å²) < 4.78 is 0. The zero-order valence-electron chi connectivity index (χ0n) is 13.4. The molecule has 1 aliphatic heterocycles. The number of carbonyl (C=O) groups is 2. The number of piperidine rings is 1. The third-order valence-corrected chi connectivity index (χ3v) is 5.02. The number of halogens is 1. The normalized spacial score (nSPS) is 24.5. The zero-order chi connectivity index (χ0) is 17.2. The van der Waals surface area contributed by atoms with Crippen molar-refractivity contribution in [2.75, 3.05) is 13.1 Å². The molecule has 1 saturated heterocycles. The Hall–Kier alpha value is -1.59. The first kappa shape index (κ1) is 17.8. The quantitative estimate of drug-likeness (QED) is 0.884. The first-order chi connectivity index (χ1) is 10.8. The van der Waals surface area contributed by atoms with E-state index in [0.717, 1.165) is 5.56 Å². The molecule has 1 heterocycles. The number of carboxylic acids is 1. The van der Waals surface area contributed by atoms with Crippen LogP contribution in [0.15, 0.2) is 18.2 Å². The Kier molecular flexibility index (Phi) is 5.32. The Labute approximate surface area is 140 Å². The number of hydrogen-bond donors (Lipinski definition) is 2. The summed E-state index contributed by atoms with van der Waals surface area (Å²) in [6.45, 7) is 4.07. The van der Waals surface area contributed by atoms with Crippen LogP contribution in [0.1, 0.15) is 42.1 Å². The minimum Gasteiger partial charge on any atom is -0.481 e. The molecule has 2 atom stereocenters. The van der Waals surface area contributed by atoms with Crippen LogP contribution in [-0.2, 0) is 4.79 Å². The molecule has 6 heteroatoms. The van der Waals surface area contributed by atoms with Crippen molar-refractivity contribution in [1.29, 1.82) is 0 Å². The van der Waals surface area contributed by atoms with E-state index in [0.29, 0.717) is 30.0 Å². The summed E-state index contributed by atoms with van der Waals surface area (Å²) in [5, 5.41) is 20.4. The lowest BCUT2D eigenvalue weighted by atomic mass is 9.74. The molecule has 126 valence electrons. The molecular formula is C17H22ClNO4. The van der Waals surface area contributed by atoms with E-state index in [4.69, 9.17) is 11.6 Å². The zero-order valence-corrected chi connectivity index (χ0v) is 14.1. The van der Waals surface area contributed by atoms with Crippen LogP contribution in [0.3, 0.4) is 0 Å². The molecule has 0 aliphatic carbocycles. The maximum Gasteiger partial charge on any atom is 0.314 e. The second kappa shape index (κ2) is 6.89. The molecular weight excluding hydrogens is 318 g/mol. The van der Waals surface area contributed by atoms with Gasteiger partial charge in [0, 0.05) is 23.7 Å². The Balaban J connectivity index is 2.27. The fourth-order valence-corrected chi connectivity index (χ4v) is 3.34. The van der Waals surface area contributed by atoms with E-state index in [9.17, 15) is 19.8 Å². The highest BCUT2D eigenvalue weighted by Gasteiger charge is 2.49. The van der Waals surface area contributed by atoms with Crippen molar-refractivity contribution < 1.29 is 19.8 Å². The minimum absolute atomic E-state index is 0.0256. The van der Waals surface area contributed by atoms with E-state index >= 15 is 0 Å². The number of rotatable bonds is 4. The summed E-state index contributed by atoms with van der Waals surface area (Å²) in [5.41, 5.74) is -0.00359. The molecule has 0 radical (unpaired) electrons. The van der Waals surface area contributed by atoms with Gasteiger partial charge < -0.3 is 15.1 Å². The van der Waals surface area contributed by atoms with Crippen molar-refractivity contribution in [3.63, 3.8) is 0 Å². The Bertz CT molecular complexity index is 619. The summed E-state index contributed by atoms with van der Waals surface area (Å²) in [6, 6.07) is 5.02. The van der Waals surface area contributed by atoms with E-state index in [2.05, 4.69) is 0 Å². The number of aliphatic carboxylic acids is 1. The predicted octanol–water partition coefficient (Wildman–Crippen LogP) is 2.73. The van der Waals surface area contributed by atoms with Crippen molar-refractivity contribution in [2.45, 2.75) is 39.2 Å². The fourth-order valence-electron chi connectivity index (χ4n) is 3.22. The smallest absolute Gasteiger partial charge is 0.314 e. The van der Waals surface area contributed by atoms with Gasteiger partial charge in [0.15, 0.2) is 0 Å². The number of aliphatic hydroxyl groups excluding tert-OH is 1. The first-order valence-electron chi connectivity index (χ1n) is 7.78. The second-order valence-corrected chi connectivity index (χ2v) is 6.61. The SMILES string of the molecule is CCC[C@@]1(C(=O)O)CN(C(=O)c2ccc(Cl)c(C)c2)CC[C@@H]1O. The van der Waals surface area contributed by atoms with Crippen molar-refractivity contribution in [3.8, 4) is 0 Å². The van der Waals surface area contributed by atoms with Gasteiger partial charge in [0.25, 0.3) is 5.91 Å². The minimum atomic E-state index is -1.29. The molecule has 1 aromatic carbocycles. The fraction of sp³-hybridized carbons (Fsp3) is 0.529. The molecule has 23 heavy (non-hydrogen) atoms. The van der Waals surface area contributed by atoms with E-state index in [1.807, 2.05) is 13.8 Å². The Morgan fingerprint density at radius 2 is 2.13 bits per heavy atom. The molecule has 0 spiro atoms. The van der Waals surface area contributed by atoms with Crippen LogP contribution >= 0.6 is 11.6 Å². The largest absolute Gasteiger partial charge is 0.481 e. The van der Waals surface area contributed by atoms with Crippen LogP contribution in [0.25, 0.3) is 0 Å². The van der Waals surface area contributed by atoms with Crippen LogP contribution in [0.2, 0.25) is 5.02 Å². The molecule has 0 saturated carbocycles. The highest BCUT2D eigenvalue weighted by Crippen LogP contribution is 2.36. The van der Waals surface area contributed by atoms with Crippen LogP contribution in [0.4, 0.5) is 0 Å². The number of likely N-dealkylation sites (tertiary alicyclic amines) is 1. The summed E-state index contributed by atoms with van der Waals surface area (Å²) in [5.74, 6) is -1.27. The number of aliphatic hydroxyl groups is 1. The van der Waals surface area contributed by atoms with E-state index in [-0.39, 0.29) is 18.9 Å². The average Bonchev–Trinajstić information content (AvgIpc) is 2.51. The number of nitrogens with zero attached hydrogens (tertiary/aromatic N) is 1. The van der Waals surface area contributed by atoms with Crippen LogP contribution in [0, 0.1) is 12.3 Å². The van der Waals surface area contributed by atoms with E-state index < -0.39 is 17.5 Å². The van der Waals surface area contributed by atoms with Gasteiger partial charge in [0.1, 0.15) is 5.41 Å². The molecule has 2 N–H and O–H groups in total. The monoisotopic (exact) mass is 339 g/mol. The van der Waals surface area contributed by atoms with Crippen molar-refractivity contribution >= 4 is 23.5 Å². The van der Waals surface area contributed by atoms with Gasteiger partial charge in [-0.25, -0.2) is 0 Å². The number of amides is 1. The number of carbonyl (C=O) groups excluding carboxylic acids is 1. The molecule has 0 bridgehead atoms. The van der Waals surface area contributed by atoms with Crippen molar-refractivity contribution in [3.05, 3.63) is 34.3 Å². The van der Waals surface area contributed by atoms with E-state index in [1.54, 1.807) is 18.2 Å². The average molecular weight is 340 g/mol. The van der Waals surface area contributed by atoms with Gasteiger partial charge in [-0.05, 0) is 43.5 Å². The lowest BCUT2D eigenvalue weighted by Gasteiger charge is -2.43. The third kappa shape index (κ3) is 3.35. The standard InChI is InChI=1S/C17H22ClNO4/c1-3-7-17(16(22)23)10-19(8-6-14(17)20)15(21)12-4-5-13(18)11(2)9-12/h4-5,9,14,20H,3,6-8,10H2,1-2H3,(H,22,23)/t14-,17+/m0/s1. The maximum atomic E-state index is 12.7. The van der Waals surface area contributed by atoms with Crippen molar-refractivity contribution in [1.82, 2.24) is 4.90 Å².